The minimum Gasteiger partial charge on any atom is -0.493 e. The molecule has 1 N–H and O–H groups in total. The Morgan fingerprint density at radius 3 is 2.81 bits per heavy atom. The van der Waals surface area contributed by atoms with E-state index in [1.807, 2.05) is 24.1 Å². The maximum absolute atomic E-state index is 12.8. The predicted octanol–water partition coefficient (Wildman–Crippen LogP) is 3.70. The number of hydrogen-bond donors (Lipinski definition) is 1. The summed E-state index contributed by atoms with van der Waals surface area (Å²) in [4.78, 5) is 28.9. The number of carbonyl (C=O) groups is 1. The van der Waals surface area contributed by atoms with Gasteiger partial charge < -0.3 is 15.0 Å². The Balaban J connectivity index is 1.56. The van der Waals surface area contributed by atoms with Crippen molar-refractivity contribution in [1.29, 1.82) is 0 Å². The first-order valence-corrected chi connectivity index (χ1v) is 11.5. The Bertz CT molecular complexity index is 940. The van der Waals surface area contributed by atoms with E-state index in [1.165, 1.54) is 12.8 Å². The molecule has 166 valence electrons. The molecule has 2 aliphatic rings. The van der Waals surface area contributed by atoms with Crippen LogP contribution in [0.15, 0.2) is 18.3 Å². The van der Waals surface area contributed by atoms with E-state index in [0.717, 1.165) is 61.3 Å². The van der Waals surface area contributed by atoms with Gasteiger partial charge >= 0.3 is 0 Å². The molecule has 0 saturated heterocycles. The highest BCUT2D eigenvalue weighted by Gasteiger charge is 2.31. The van der Waals surface area contributed by atoms with Gasteiger partial charge in [0.2, 0.25) is 5.91 Å². The molecule has 0 atom stereocenters. The Morgan fingerprint density at radius 1 is 1.23 bits per heavy atom. The third kappa shape index (κ3) is 4.97. The highest BCUT2D eigenvalue weighted by molar-refractivity contribution is 5.82. The van der Waals surface area contributed by atoms with Crippen LogP contribution in [0.25, 0.3) is 11.5 Å². The van der Waals surface area contributed by atoms with Crippen molar-refractivity contribution < 1.29 is 9.53 Å². The smallest absolute Gasteiger partial charge is 0.239 e. The van der Waals surface area contributed by atoms with E-state index >= 15 is 0 Å². The second-order valence-electron chi connectivity index (χ2n) is 9.05. The average molecular weight is 424 g/mol. The van der Waals surface area contributed by atoms with Crippen LogP contribution in [-0.4, -0.2) is 46.6 Å². The van der Waals surface area contributed by atoms with Crippen molar-refractivity contribution in [1.82, 2.24) is 20.3 Å². The lowest BCUT2D eigenvalue weighted by molar-refractivity contribution is -0.121. The Hall–Kier alpha value is -2.70. The van der Waals surface area contributed by atoms with Gasteiger partial charge in [-0.05, 0) is 51.5 Å². The predicted molar refractivity (Wildman–Crippen MR) is 121 cm³/mol. The van der Waals surface area contributed by atoms with Crippen LogP contribution in [-0.2, 0) is 17.6 Å². The number of amides is 1. The Morgan fingerprint density at radius 2 is 2.03 bits per heavy atom. The van der Waals surface area contributed by atoms with Crippen LogP contribution in [0, 0.1) is 0 Å². The number of aromatic nitrogens is 3. The molecule has 1 fully saturated rings. The van der Waals surface area contributed by atoms with Gasteiger partial charge in [-0.15, -0.1) is 0 Å². The first-order chi connectivity index (χ1) is 15.0. The van der Waals surface area contributed by atoms with E-state index in [4.69, 9.17) is 14.7 Å². The third-order valence-electron chi connectivity index (χ3n) is 6.24. The molecule has 2 aliphatic carbocycles. The fourth-order valence-corrected chi connectivity index (χ4v) is 4.63. The first kappa shape index (κ1) is 21.5. The van der Waals surface area contributed by atoms with Crippen molar-refractivity contribution in [3.63, 3.8) is 0 Å². The number of anilines is 1. The van der Waals surface area contributed by atoms with E-state index in [9.17, 15) is 4.79 Å². The van der Waals surface area contributed by atoms with Gasteiger partial charge in [0.15, 0.2) is 5.82 Å². The Kier molecular flexibility index (Phi) is 6.39. The van der Waals surface area contributed by atoms with Crippen molar-refractivity contribution in [3.8, 4) is 17.3 Å². The Labute approximate surface area is 184 Å². The molecule has 2 heterocycles. The zero-order valence-electron chi connectivity index (χ0n) is 18.9. The van der Waals surface area contributed by atoms with Crippen LogP contribution in [0.3, 0.4) is 0 Å². The number of nitrogens with zero attached hydrogens (tertiary/aromatic N) is 4. The minimum absolute atomic E-state index is 0.0481. The molecular weight excluding hydrogens is 390 g/mol. The van der Waals surface area contributed by atoms with Crippen molar-refractivity contribution in [3.05, 3.63) is 29.6 Å². The van der Waals surface area contributed by atoms with Gasteiger partial charge in [-0.3, -0.25) is 9.78 Å². The minimum atomic E-state index is -0.0699. The molecule has 7 heteroatoms. The molecule has 1 amide bonds. The number of aryl methyl sites for hydroxylation is 1. The number of rotatable bonds is 8. The summed E-state index contributed by atoms with van der Waals surface area (Å²) in [5, 5.41) is 3.24. The SMILES string of the molecule is CCCOc1ccnc(-c2nc3c(c(N(C)CC(=O)NC4(C)CCCC4)n2)CCC3)c1. The van der Waals surface area contributed by atoms with E-state index < -0.39 is 0 Å². The van der Waals surface area contributed by atoms with Crippen LogP contribution in [0.1, 0.15) is 63.6 Å². The third-order valence-corrected chi connectivity index (χ3v) is 6.24. The molecule has 4 rings (SSSR count). The van der Waals surface area contributed by atoms with Crippen molar-refractivity contribution >= 4 is 11.7 Å². The van der Waals surface area contributed by atoms with E-state index in [2.05, 4.69) is 24.1 Å². The highest BCUT2D eigenvalue weighted by Crippen LogP contribution is 2.32. The fraction of sp³-hybridized carbons (Fsp3) is 0.583. The van der Waals surface area contributed by atoms with Crippen LogP contribution >= 0.6 is 0 Å². The van der Waals surface area contributed by atoms with Gasteiger partial charge in [0.1, 0.15) is 17.3 Å². The van der Waals surface area contributed by atoms with Crippen LogP contribution in [0.2, 0.25) is 0 Å². The molecule has 0 bridgehead atoms. The number of carbonyl (C=O) groups excluding carboxylic acids is 1. The topological polar surface area (TPSA) is 80.2 Å². The summed E-state index contributed by atoms with van der Waals surface area (Å²) in [6.45, 7) is 5.18. The summed E-state index contributed by atoms with van der Waals surface area (Å²) in [6.07, 6.45) is 10.1. The largest absolute Gasteiger partial charge is 0.493 e. The summed E-state index contributed by atoms with van der Waals surface area (Å²) in [5.74, 6) is 2.25. The number of likely N-dealkylation sites (N-methyl/N-ethyl adjacent to an activating group) is 1. The lowest BCUT2D eigenvalue weighted by Gasteiger charge is -2.27. The van der Waals surface area contributed by atoms with Crippen LogP contribution in [0.4, 0.5) is 5.82 Å². The molecule has 1 saturated carbocycles. The van der Waals surface area contributed by atoms with Gasteiger partial charge in [-0.25, -0.2) is 9.97 Å². The zero-order chi connectivity index (χ0) is 21.8. The van der Waals surface area contributed by atoms with Gasteiger partial charge in [0, 0.05) is 36.1 Å². The summed E-state index contributed by atoms with van der Waals surface area (Å²) < 4.78 is 5.75. The van der Waals surface area contributed by atoms with Crippen LogP contribution < -0.4 is 15.0 Å². The number of pyridine rings is 1. The number of hydrogen-bond acceptors (Lipinski definition) is 6. The summed E-state index contributed by atoms with van der Waals surface area (Å²) in [7, 11) is 1.94. The normalized spacial score (nSPS) is 16.7. The fourth-order valence-electron chi connectivity index (χ4n) is 4.63. The zero-order valence-corrected chi connectivity index (χ0v) is 18.9. The molecule has 2 aromatic rings. The number of nitrogens with one attached hydrogen (secondary N) is 1. The molecule has 7 nitrogen and oxygen atoms in total. The summed E-state index contributed by atoms with van der Waals surface area (Å²) >= 11 is 0. The van der Waals surface area contributed by atoms with E-state index in [0.29, 0.717) is 18.1 Å². The molecule has 0 spiro atoms. The van der Waals surface area contributed by atoms with E-state index in [-0.39, 0.29) is 18.0 Å². The molecule has 0 radical (unpaired) electrons. The average Bonchev–Trinajstić information content (AvgIpc) is 3.40. The lowest BCUT2D eigenvalue weighted by atomic mass is 10.0. The van der Waals surface area contributed by atoms with Gasteiger partial charge in [0.05, 0.1) is 13.2 Å². The second kappa shape index (κ2) is 9.20. The lowest BCUT2D eigenvalue weighted by Crippen LogP contribution is -2.47. The van der Waals surface area contributed by atoms with Crippen molar-refractivity contribution in [2.75, 3.05) is 25.1 Å². The van der Waals surface area contributed by atoms with Crippen LogP contribution in [0.5, 0.6) is 5.75 Å². The monoisotopic (exact) mass is 423 g/mol. The standard InChI is InChI=1S/C24H33N5O2/c1-4-14-31-17-10-13-25-20(15-17)22-26-19-9-7-8-18(19)23(27-22)29(3)16-21(30)28-24(2)11-5-6-12-24/h10,13,15H,4-9,11-12,14,16H2,1-3H3,(H,28,30). The molecular formula is C24H33N5O2. The second-order valence-corrected chi connectivity index (χ2v) is 9.05. The number of fused-ring (bicyclic) bond motifs is 1. The molecule has 0 aromatic carbocycles. The van der Waals surface area contributed by atoms with Gasteiger partial charge in [0.25, 0.3) is 0 Å². The van der Waals surface area contributed by atoms with Gasteiger partial charge in [-0.2, -0.15) is 0 Å². The maximum atomic E-state index is 12.8. The molecule has 2 aromatic heterocycles. The highest BCUT2D eigenvalue weighted by atomic mass is 16.5. The molecule has 0 unspecified atom stereocenters. The number of ether oxygens (including phenoxy) is 1. The first-order valence-electron chi connectivity index (χ1n) is 11.5. The molecule has 31 heavy (non-hydrogen) atoms. The maximum Gasteiger partial charge on any atom is 0.239 e. The van der Waals surface area contributed by atoms with Crippen molar-refractivity contribution in [2.45, 2.75) is 70.8 Å². The molecule has 0 aliphatic heterocycles. The van der Waals surface area contributed by atoms with Gasteiger partial charge in [-0.1, -0.05) is 19.8 Å². The van der Waals surface area contributed by atoms with E-state index in [1.54, 1.807) is 6.20 Å². The quantitative estimate of drug-likeness (QED) is 0.697. The summed E-state index contributed by atoms with van der Waals surface area (Å²) in [5.41, 5.74) is 2.85. The van der Waals surface area contributed by atoms with Crippen molar-refractivity contribution in [2.24, 2.45) is 0 Å². The summed E-state index contributed by atoms with van der Waals surface area (Å²) in [6, 6.07) is 3.75.